The zero-order valence-electron chi connectivity index (χ0n) is 10.2. The van der Waals surface area contributed by atoms with Crippen LogP contribution in [0.3, 0.4) is 0 Å². The summed E-state index contributed by atoms with van der Waals surface area (Å²) in [6.07, 6.45) is 1.24. The molecule has 9 nitrogen and oxygen atoms in total. The highest BCUT2D eigenvalue weighted by Gasteiger charge is 2.21. The molecule has 1 amide bonds. The van der Waals surface area contributed by atoms with Gasteiger partial charge in [0.15, 0.2) is 5.82 Å². The number of hydrogen-bond acceptors (Lipinski definition) is 5. The summed E-state index contributed by atoms with van der Waals surface area (Å²) in [6, 6.07) is 1.21. The molecule has 0 unspecified atom stereocenters. The SMILES string of the molecule is Cc1c(S(=O)(=O)Nc2cc(C(N)=O)[nH]n2)cnn1C. The molecule has 0 saturated heterocycles. The van der Waals surface area contributed by atoms with Gasteiger partial charge in [0.05, 0.1) is 11.9 Å². The van der Waals surface area contributed by atoms with Gasteiger partial charge in [-0.2, -0.15) is 10.2 Å². The molecule has 2 rings (SSSR count). The van der Waals surface area contributed by atoms with Gasteiger partial charge in [0.1, 0.15) is 10.6 Å². The number of primary amides is 1. The molecule has 0 aliphatic heterocycles. The molecule has 2 aromatic rings. The van der Waals surface area contributed by atoms with E-state index in [0.717, 1.165) is 0 Å². The summed E-state index contributed by atoms with van der Waals surface area (Å²) in [5.74, 6) is -0.743. The predicted octanol–water partition coefficient (Wildman–Crippen LogP) is -0.649. The lowest BCUT2D eigenvalue weighted by atomic mass is 10.4. The number of sulfonamides is 1. The summed E-state index contributed by atoms with van der Waals surface area (Å²) < 4.78 is 27.8. The molecule has 2 heterocycles. The largest absolute Gasteiger partial charge is 0.364 e. The zero-order chi connectivity index (χ0) is 14.2. The molecule has 0 atom stereocenters. The van der Waals surface area contributed by atoms with E-state index in [4.69, 9.17) is 5.73 Å². The molecule has 0 aliphatic carbocycles. The number of amides is 1. The van der Waals surface area contributed by atoms with Crippen molar-refractivity contribution >= 4 is 21.7 Å². The van der Waals surface area contributed by atoms with E-state index in [1.807, 2.05) is 0 Å². The van der Waals surface area contributed by atoms with Crippen LogP contribution in [0.5, 0.6) is 0 Å². The minimum atomic E-state index is -3.80. The molecule has 0 fully saturated rings. The summed E-state index contributed by atoms with van der Waals surface area (Å²) >= 11 is 0. The fourth-order valence-corrected chi connectivity index (χ4v) is 2.63. The van der Waals surface area contributed by atoms with E-state index >= 15 is 0 Å². The van der Waals surface area contributed by atoms with Crippen LogP contribution in [0, 0.1) is 6.92 Å². The highest BCUT2D eigenvalue weighted by Crippen LogP contribution is 2.17. The lowest BCUT2D eigenvalue weighted by Gasteiger charge is -2.04. The number of rotatable bonds is 4. The van der Waals surface area contributed by atoms with Crippen LogP contribution in [0.2, 0.25) is 0 Å². The molecule has 10 heteroatoms. The topological polar surface area (TPSA) is 136 Å². The minimum Gasteiger partial charge on any atom is -0.364 e. The van der Waals surface area contributed by atoms with E-state index in [1.54, 1.807) is 14.0 Å². The molecule has 0 bridgehead atoms. The van der Waals surface area contributed by atoms with Gasteiger partial charge in [0, 0.05) is 13.1 Å². The number of aromatic nitrogens is 4. The minimum absolute atomic E-state index is 0.0145. The molecule has 0 spiro atoms. The van der Waals surface area contributed by atoms with Crippen molar-refractivity contribution < 1.29 is 13.2 Å². The average Bonchev–Trinajstić information content (AvgIpc) is 2.87. The standard InChI is InChI=1S/C9H12N6O3S/c1-5-7(4-11-15(5)2)19(17,18)14-8-3-6(9(10)16)12-13-8/h3-4H,1-2H3,(H2,10,16)(H2,12,13,14). The number of anilines is 1. The third-order valence-corrected chi connectivity index (χ3v) is 4.02. The van der Waals surface area contributed by atoms with Crippen LogP contribution in [0.25, 0.3) is 0 Å². The maximum atomic E-state index is 12.1. The highest BCUT2D eigenvalue weighted by atomic mass is 32.2. The Morgan fingerprint density at radius 2 is 2.21 bits per heavy atom. The molecular weight excluding hydrogens is 272 g/mol. The number of H-pyrrole nitrogens is 1. The Hall–Kier alpha value is -2.36. The number of nitrogens with zero attached hydrogens (tertiary/aromatic N) is 3. The van der Waals surface area contributed by atoms with Crippen LogP contribution >= 0.6 is 0 Å². The normalized spacial score (nSPS) is 11.5. The summed E-state index contributed by atoms with van der Waals surface area (Å²) in [5.41, 5.74) is 5.53. The Kier molecular flexibility index (Phi) is 3.02. The maximum absolute atomic E-state index is 12.1. The number of hydrogen-bond donors (Lipinski definition) is 3. The first kappa shape index (κ1) is 13.1. The van der Waals surface area contributed by atoms with Gasteiger partial charge >= 0.3 is 0 Å². The van der Waals surface area contributed by atoms with Crippen molar-refractivity contribution in [2.75, 3.05) is 4.72 Å². The molecule has 4 N–H and O–H groups in total. The first-order valence-corrected chi connectivity index (χ1v) is 6.66. The Balaban J connectivity index is 2.31. The number of nitrogens with one attached hydrogen (secondary N) is 2. The van der Waals surface area contributed by atoms with E-state index in [0.29, 0.717) is 5.69 Å². The van der Waals surface area contributed by atoms with Crippen molar-refractivity contribution in [2.24, 2.45) is 12.8 Å². The number of carbonyl (C=O) groups is 1. The van der Waals surface area contributed by atoms with Crippen LogP contribution < -0.4 is 10.5 Å². The van der Waals surface area contributed by atoms with E-state index in [2.05, 4.69) is 20.0 Å². The third-order valence-electron chi connectivity index (χ3n) is 2.56. The average molecular weight is 284 g/mol. The lowest BCUT2D eigenvalue weighted by Crippen LogP contribution is -2.14. The van der Waals surface area contributed by atoms with Crippen LogP contribution in [0.1, 0.15) is 16.2 Å². The molecule has 0 saturated carbocycles. The van der Waals surface area contributed by atoms with Crippen LogP contribution in [0.15, 0.2) is 17.2 Å². The Morgan fingerprint density at radius 1 is 1.53 bits per heavy atom. The second-order valence-electron chi connectivity index (χ2n) is 3.85. The molecule has 2 aromatic heterocycles. The van der Waals surface area contributed by atoms with Crippen molar-refractivity contribution in [1.82, 2.24) is 20.0 Å². The van der Waals surface area contributed by atoms with Gasteiger partial charge in [-0.1, -0.05) is 0 Å². The highest BCUT2D eigenvalue weighted by molar-refractivity contribution is 7.92. The van der Waals surface area contributed by atoms with Crippen molar-refractivity contribution in [1.29, 1.82) is 0 Å². The van der Waals surface area contributed by atoms with Crippen molar-refractivity contribution in [3.63, 3.8) is 0 Å². The summed E-state index contributed by atoms with van der Waals surface area (Å²) in [4.78, 5) is 10.9. The monoisotopic (exact) mass is 284 g/mol. The molecule has 102 valence electrons. The summed E-state index contributed by atoms with van der Waals surface area (Å²) in [6.45, 7) is 1.63. The van der Waals surface area contributed by atoms with E-state index in [1.165, 1.54) is 16.9 Å². The van der Waals surface area contributed by atoms with E-state index in [9.17, 15) is 13.2 Å². The Bertz CT molecular complexity index is 729. The number of aryl methyl sites for hydroxylation is 1. The molecule has 19 heavy (non-hydrogen) atoms. The first-order chi connectivity index (χ1) is 8.81. The van der Waals surface area contributed by atoms with Crippen molar-refractivity contribution in [2.45, 2.75) is 11.8 Å². The van der Waals surface area contributed by atoms with Crippen LogP contribution in [0.4, 0.5) is 5.82 Å². The van der Waals surface area contributed by atoms with Gasteiger partial charge in [-0.15, -0.1) is 0 Å². The molecular formula is C9H12N6O3S. The van der Waals surface area contributed by atoms with Gasteiger partial charge in [-0.3, -0.25) is 19.3 Å². The first-order valence-electron chi connectivity index (χ1n) is 5.18. The van der Waals surface area contributed by atoms with Crippen molar-refractivity contribution in [3.05, 3.63) is 23.7 Å². The number of aromatic amines is 1. The van der Waals surface area contributed by atoms with E-state index in [-0.39, 0.29) is 16.4 Å². The predicted molar refractivity (Wildman–Crippen MR) is 65.9 cm³/mol. The Labute approximate surface area is 108 Å². The quantitative estimate of drug-likeness (QED) is 0.685. The third kappa shape index (κ3) is 2.42. The molecule has 0 radical (unpaired) electrons. The van der Waals surface area contributed by atoms with Gasteiger partial charge in [-0.05, 0) is 6.92 Å². The van der Waals surface area contributed by atoms with Gasteiger partial charge in [-0.25, -0.2) is 8.42 Å². The number of carbonyl (C=O) groups excluding carboxylic acids is 1. The summed E-state index contributed by atoms with van der Waals surface area (Å²) in [5, 5.41) is 9.82. The van der Waals surface area contributed by atoms with Crippen LogP contribution in [-0.2, 0) is 17.1 Å². The summed E-state index contributed by atoms with van der Waals surface area (Å²) in [7, 11) is -2.17. The second-order valence-corrected chi connectivity index (χ2v) is 5.51. The van der Waals surface area contributed by atoms with Crippen LogP contribution in [-0.4, -0.2) is 34.3 Å². The van der Waals surface area contributed by atoms with E-state index < -0.39 is 15.9 Å². The molecule has 0 aliphatic rings. The molecule has 0 aromatic carbocycles. The Morgan fingerprint density at radius 3 is 2.68 bits per heavy atom. The van der Waals surface area contributed by atoms with Crippen molar-refractivity contribution in [3.8, 4) is 0 Å². The number of nitrogens with two attached hydrogens (primary N) is 1. The maximum Gasteiger partial charge on any atom is 0.266 e. The van der Waals surface area contributed by atoms with Gasteiger partial charge in [0.25, 0.3) is 15.9 Å². The lowest BCUT2D eigenvalue weighted by molar-refractivity contribution is 0.0995. The zero-order valence-corrected chi connectivity index (χ0v) is 11.0. The fourth-order valence-electron chi connectivity index (χ4n) is 1.44. The fraction of sp³-hybridized carbons (Fsp3) is 0.222. The second kappa shape index (κ2) is 4.39. The smallest absolute Gasteiger partial charge is 0.266 e. The van der Waals surface area contributed by atoms with Gasteiger partial charge < -0.3 is 5.73 Å². The van der Waals surface area contributed by atoms with Gasteiger partial charge in [0.2, 0.25) is 0 Å².